The van der Waals surface area contributed by atoms with E-state index in [-0.39, 0.29) is 0 Å². The zero-order chi connectivity index (χ0) is 43.8. The van der Waals surface area contributed by atoms with Crippen molar-refractivity contribution in [1.82, 2.24) is 4.57 Å². The predicted octanol–water partition coefficient (Wildman–Crippen LogP) is 17.7. The second-order valence-electron chi connectivity index (χ2n) is 16.9. The Morgan fingerprint density at radius 2 is 0.591 bits per heavy atom. The summed E-state index contributed by atoms with van der Waals surface area (Å²) < 4.78 is 2.36. The zero-order valence-electron chi connectivity index (χ0n) is 36.3. The van der Waals surface area contributed by atoms with Crippen LogP contribution in [0.5, 0.6) is 0 Å². The van der Waals surface area contributed by atoms with Gasteiger partial charge in [0, 0.05) is 33.5 Å². The summed E-state index contributed by atoms with van der Waals surface area (Å²) in [4.78, 5) is 2.33. The third-order valence-electron chi connectivity index (χ3n) is 13.0. The number of aromatic nitrogens is 1. The monoisotopic (exact) mass is 840 g/mol. The molecule has 2 heteroatoms. The number of para-hydroxylation sites is 3. The van der Waals surface area contributed by atoms with Crippen LogP contribution >= 0.6 is 0 Å². The van der Waals surface area contributed by atoms with Gasteiger partial charge in [0.15, 0.2) is 0 Å². The third-order valence-corrected chi connectivity index (χ3v) is 13.0. The average Bonchev–Trinajstić information content (AvgIpc) is 3.74. The Morgan fingerprint density at radius 3 is 1.06 bits per heavy atom. The molecule has 0 aliphatic carbocycles. The van der Waals surface area contributed by atoms with E-state index < -0.39 is 0 Å². The summed E-state index contributed by atoms with van der Waals surface area (Å²) in [5, 5.41) is 5.06. The molecule has 1 heterocycles. The molecule has 0 aliphatic rings. The van der Waals surface area contributed by atoms with Gasteiger partial charge in [-0.05, 0) is 127 Å². The fourth-order valence-electron chi connectivity index (χ4n) is 9.77. The smallest absolute Gasteiger partial charge is 0.0541 e. The number of benzene rings is 11. The van der Waals surface area contributed by atoms with Crippen molar-refractivity contribution < 1.29 is 0 Å². The molecule has 310 valence electrons. The van der Waals surface area contributed by atoms with E-state index in [1.165, 1.54) is 88.2 Å². The maximum atomic E-state index is 2.36. The summed E-state index contributed by atoms with van der Waals surface area (Å²) >= 11 is 0. The summed E-state index contributed by atoms with van der Waals surface area (Å²) in [7, 11) is 0. The molecule has 0 N–H and O–H groups in total. The summed E-state index contributed by atoms with van der Waals surface area (Å²) in [6, 6.07) is 96.6. The molecule has 0 unspecified atom stereocenters. The van der Waals surface area contributed by atoms with Gasteiger partial charge in [-0.2, -0.15) is 0 Å². The van der Waals surface area contributed by atoms with Crippen LogP contribution in [0.3, 0.4) is 0 Å². The fraction of sp³-hybridized carbons (Fsp3) is 0. The van der Waals surface area contributed by atoms with Crippen molar-refractivity contribution in [2.45, 2.75) is 0 Å². The van der Waals surface area contributed by atoms with Crippen molar-refractivity contribution in [3.63, 3.8) is 0 Å². The Balaban J connectivity index is 0.780. The first-order chi connectivity index (χ1) is 32.7. The number of hydrogen-bond acceptors (Lipinski definition) is 1. The number of fused-ring (bicyclic) bond motifs is 4. The van der Waals surface area contributed by atoms with Gasteiger partial charge in [-0.15, -0.1) is 0 Å². The molecule has 0 amide bonds. The summed E-state index contributed by atoms with van der Waals surface area (Å²) in [5.74, 6) is 0. The molecule has 12 rings (SSSR count). The van der Waals surface area contributed by atoms with Crippen LogP contribution in [0.2, 0.25) is 0 Å². The average molecular weight is 841 g/mol. The lowest BCUT2D eigenvalue weighted by Crippen LogP contribution is -2.09. The molecule has 0 spiro atoms. The molecule has 66 heavy (non-hydrogen) atoms. The molecule has 11 aromatic carbocycles. The second kappa shape index (κ2) is 16.8. The number of nitrogens with zero attached hydrogens (tertiary/aromatic N) is 2. The van der Waals surface area contributed by atoms with Crippen molar-refractivity contribution in [1.29, 1.82) is 0 Å². The Kier molecular flexibility index (Phi) is 9.89. The van der Waals surface area contributed by atoms with Gasteiger partial charge < -0.3 is 9.47 Å². The number of rotatable bonds is 9. The Morgan fingerprint density at radius 1 is 0.242 bits per heavy atom. The minimum atomic E-state index is 1.10. The predicted molar refractivity (Wildman–Crippen MR) is 280 cm³/mol. The van der Waals surface area contributed by atoms with Gasteiger partial charge in [-0.3, -0.25) is 0 Å². The van der Waals surface area contributed by atoms with Crippen LogP contribution in [0.25, 0.3) is 93.9 Å². The van der Waals surface area contributed by atoms with Crippen molar-refractivity contribution in [3.8, 4) is 61.3 Å². The van der Waals surface area contributed by atoms with Gasteiger partial charge in [0.25, 0.3) is 0 Å². The molecule has 0 fully saturated rings. The first-order valence-corrected chi connectivity index (χ1v) is 22.7. The molecule has 0 radical (unpaired) electrons. The molecule has 0 saturated carbocycles. The lowest BCUT2D eigenvalue weighted by molar-refractivity contribution is 1.18. The van der Waals surface area contributed by atoms with Gasteiger partial charge in [0.1, 0.15) is 0 Å². The van der Waals surface area contributed by atoms with E-state index in [1.54, 1.807) is 0 Å². The van der Waals surface area contributed by atoms with Crippen molar-refractivity contribution >= 4 is 49.6 Å². The van der Waals surface area contributed by atoms with Gasteiger partial charge in [-0.25, -0.2) is 0 Å². The van der Waals surface area contributed by atoms with E-state index >= 15 is 0 Å². The van der Waals surface area contributed by atoms with Crippen molar-refractivity contribution in [2.75, 3.05) is 4.90 Å². The largest absolute Gasteiger partial charge is 0.311 e. The van der Waals surface area contributed by atoms with E-state index in [4.69, 9.17) is 0 Å². The number of hydrogen-bond donors (Lipinski definition) is 0. The third kappa shape index (κ3) is 7.12. The maximum absolute atomic E-state index is 2.36. The number of anilines is 3. The highest BCUT2D eigenvalue weighted by Gasteiger charge is 2.16. The summed E-state index contributed by atoms with van der Waals surface area (Å²) in [6.45, 7) is 0. The molecular formula is C64H44N2. The van der Waals surface area contributed by atoms with E-state index in [2.05, 4.69) is 276 Å². The highest BCUT2D eigenvalue weighted by atomic mass is 15.1. The van der Waals surface area contributed by atoms with E-state index in [0.29, 0.717) is 0 Å². The minimum Gasteiger partial charge on any atom is -0.311 e. The van der Waals surface area contributed by atoms with Crippen LogP contribution in [-0.4, -0.2) is 4.57 Å². The van der Waals surface area contributed by atoms with Gasteiger partial charge in [0.05, 0.1) is 11.0 Å². The molecule has 0 saturated heterocycles. The zero-order valence-corrected chi connectivity index (χ0v) is 36.3. The topological polar surface area (TPSA) is 8.17 Å². The van der Waals surface area contributed by atoms with Crippen LogP contribution in [0, 0.1) is 0 Å². The summed E-state index contributed by atoms with van der Waals surface area (Å²) in [6.07, 6.45) is 0. The highest BCUT2D eigenvalue weighted by molar-refractivity contribution is 6.09. The van der Waals surface area contributed by atoms with Crippen molar-refractivity contribution in [2.24, 2.45) is 0 Å². The van der Waals surface area contributed by atoms with Crippen LogP contribution < -0.4 is 4.90 Å². The SMILES string of the molecule is c1ccc(-c2cccc3cccc(-c4ccc(N(c5ccccc5)c5ccc(-c6ccc(-c7ccc(-c8ccc(-n9c%10ccccc%10c%10ccccc%109)cc8)cc7)cc6)cc5)cc4)c23)cc1. The highest BCUT2D eigenvalue weighted by Crippen LogP contribution is 2.40. The maximum Gasteiger partial charge on any atom is 0.0541 e. The van der Waals surface area contributed by atoms with Gasteiger partial charge in [-0.1, -0.05) is 206 Å². The first kappa shape index (κ1) is 38.9. The lowest BCUT2D eigenvalue weighted by Gasteiger charge is -2.26. The Bertz CT molecular complexity index is 3570. The van der Waals surface area contributed by atoms with Crippen LogP contribution in [0.15, 0.2) is 267 Å². The quantitative estimate of drug-likeness (QED) is 0.141. The molecule has 2 nitrogen and oxygen atoms in total. The first-order valence-electron chi connectivity index (χ1n) is 22.7. The molecule has 0 bridgehead atoms. The standard InChI is InChI=1S/C64H44N2/c1-3-13-51(14-4-1)58-21-11-15-53-16-12-22-59(64(53)58)52-37-43-56(44-38-52)65(54-17-5-2-6-18-54)55-39-33-49(34-40-55)47-29-25-45(26-30-47)46-27-31-48(32-28-46)50-35-41-57(42-36-50)66-62-23-9-7-19-60(62)61-20-8-10-24-63(61)66/h1-44H. The molecule has 1 aromatic heterocycles. The minimum absolute atomic E-state index is 1.10. The fourth-order valence-corrected chi connectivity index (χ4v) is 9.77. The van der Waals surface area contributed by atoms with E-state index in [0.717, 1.165) is 22.7 Å². The Labute approximate surface area is 385 Å². The normalized spacial score (nSPS) is 11.3. The van der Waals surface area contributed by atoms with Crippen LogP contribution in [0.4, 0.5) is 17.1 Å². The van der Waals surface area contributed by atoms with E-state index in [1.807, 2.05) is 0 Å². The van der Waals surface area contributed by atoms with Gasteiger partial charge >= 0.3 is 0 Å². The van der Waals surface area contributed by atoms with E-state index in [9.17, 15) is 0 Å². The van der Waals surface area contributed by atoms with Crippen LogP contribution in [-0.2, 0) is 0 Å². The molecular weight excluding hydrogens is 797 g/mol. The summed E-state index contributed by atoms with van der Waals surface area (Å²) in [5.41, 5.74) is 19.0. The molecule has 0 atom stereocenters. The second-order valence-corrected chi connectivity index (χ2v) is 16.9. The van der Waals surface area contributed by atoms with Crippen molar-refractivity contribution in [3.05, 3.63) is 267 Å². The lowest BCUT2D eigenvalue weighted by atomic mass is 9.91. The van der Waals surface area contributed by atoms with Gasteiger partial charge in [0.2, 0.25) is 0 Å². The molecule has 0 aliphatic heterocycles. The van der Waals surface area contributed by atoms with Crippen LogP contribution in [0.1, 0.15) is 0 Å². The Hall–Kier alpha value is -8.72. The molecule has 12 aromatic rings.